The number of aliphatic hydroxyl groups is 1. The Morgan fingerprint density at radius 2 is 2.17 bits per heavy atom. The van der Waals surface area contributed by atoms with Crippen molar-refractivity contribution in [3.05, 3.63) is 57.5 Å². The molecule has 0 aliphatic carbocycles. The maximum absolute atomic E-state index is 10.4. The van der Waals surface area contributed by atoms with Crippen LogP contribution in [0.2, 0.25) is 0 Å². The molecule has 0 amide bonds. The van der Waals surface area contributed by atoms with Gasteiger partial charge >= 0.3 is 11.8 Å². The summed E-state index contributed by atoms with van der Waals surface area (Å²) in [5, 5.41) is 27.5. The number of carboxylic acid groups (broad SMARTS) is 1. The lowest BCUT2D eigenvalue weighted by atomic mass is 10.1. The fourth-order valence-electron chi connectivity index (χ4n) is 1.77. The lowest BCUT2D eigenvalue weighted by Gasteiger charge is -1.98. The van der Waals surface area contributed by atoms with Gasteiger partial charge < -0.3 is 20.3 Å². The molecule has 0 saturated heterocycles. The number of rotatable bonds is 5. The second kappa shape index (κ2) is 8.86. The van der Waals surface area contributed by atoms with E-state index in [-0.39, 0.29) is 24.5 Å². The van der Waals surface area contributed by atoms with Gasteiger partial charge in [-0.3, -0.25) is 0 Å². The van der Waals surface area contributed by atoms with Crippen molar-refractivity contribution in [1.82, 2.24) is 9.55 Å². The predicted octanol–water partition coefficient (Wildman–Crippen LogP) is 2.22. The zero-order valence-corrected chi connectivity index (χ0v) is 13.1. The highest BCUT2D eigenvalue weighted by molar-refractivity contribution is 6.17. The van der Waals surface area contributed by atoms with Crippen molar-refractivity contribution in [3.63, 3.8) is 0 Å². The standard InChI is InChI=1S/C8H7ClO2.C6H9N3O3/c9-5-6-2-1-3-7(4-6)8(10)11;1-5-7-4-6(9(11)12)8(5)2-3-10/h1-4H,5H2,(H,10,11);4,10H,2-3H2,1H3. The van der Waals surface area contributed by atoms with Gasteiger partial charge in [-0.1, -0.05) is 12.1 Å². The summed E-state index contributed by atoms with van der Waals surface area (Å²) in [5.74, 6) is -0.115. The Balaban J connectivity index is 0.000000231. The number of imidazole rings is 1. The number of aliphatic hydroxyl groups excluding tert-OH is 1. The van der Waals surface area contributed by atoms with Crippen LogP contribution in [-0.2, 0) is 12.4 Å². The highest BCUT2D eigenvalue weighted by Crippen LogP contribution is 2.12. The first-order chi connectivity index (χ1) is 10.9. The molecule has 2 rings (SSSR count). The first-order valence-corrected chi connectivity index (χ1v) is 7.09. The normalized spacial score (nSPS) is 9.87. The van der Waals surface area contributed by atoms with Gasteiger partial charge in [0, 0.05) is 12.8 Å². The van der Waals surface area contributed by atoms with Crippen molar-refractivity contribution in [2.45, 2.75) is 19.3 Å². The number of nitrogens with zero attached hydrogens (tertiary/aromatic N) is 3. The van der Waals surface area contributed by atoms with Crippen molar-refractivity contribution in [2.24, 2.45) is 0 Å². The number of nitro groups is 1. The zero-order chi connectivity index (χ0) is 17.4. The third kappa shape index (κ3) is 5.35. The molecular weight excluding hydrogens is 326 g/mol. The fraction of sp³-hybridized carbons (Fsp3) is 0.286. The molecule has 0 spiro atoms. The van der Waals surface area contributed by atoms with E-state index >= 15 is 0 Å². The number of hydrogen-bond acceptors (Lipinski definition) is 5. The number of carboxylic acids is 1. The molecule has 1 heterocycles. The van der Waals surface area contributed by atoms with E-state index < -0.39 is 10.9 Å². The van der Waals surface area contributed by atoms with E-state index in [0.29, 0.717) is 11.7 Å². The Labute approximate surface area is 137 Å². The topological polar surface area (TPSA) is 118 Å². The van der Waals surface area contributed by atoms with Crippen LogP contribution >= 0.6 is 11.6 Å². The monoisotopic (exact) mass is 341 g/mol. The van der Waals surface area contributed by atoms with Crippen LogP contribution in [0.4, 0.5) is 5.82 Å². The smallest absolute Gasteiger partial charge is 0.342 e. The van der Waals surface area contributed by atoms with E-state index in [1.54, 1.807) is 31.2 Å². The lowest BCUT2D eigenvalue weighted by Crippen LogP contribution is -2.07. The zero-order valence-electron chi connectivity index (χ0n) is 12.3. The predicted molar refractivity (Wildman–Crippen MR) is 83.7 cm³/mol. The molecule has 2 N–H and O–H groups in total. The van der Waals surface area contributed by atoms with Gasteiger partial charge in [0.2, 0.25) is 0 Å². The van der Waals surface area contributed by atoms with Crippen LogP contribution in [0.15, 0.2) is 30.5 Å². The number of hydrogen-bond donors (Lipinski definition) is 2. The Kier molecular flexibility index (Phi) is 7.17. The second-order valence-corrected chi connectivity index (χ2v) is 4.70. The summed E-state index contributed by atoms with van der Waals surface area (Å²) >= 11 is 5.51. The summed E-state index contributed by atoms with van der Waals surface area (Å²) in [7, 11) is 0. The van der Waals surface area contributed by atoms with Crippen molar-refractivity contribution < 1.29 is 19.9 Å². The molecule has 0 bridgehead atoms. The summed E-state index contributed by atoms with van der Waals surface area (Å²) in [6, 6.07) is 6.58. The molecule has 0 radical (unpaired) electrons. The third-order valence-electron chi connectivity index (χ3n) is 2.87. The highest BCUT2D eigenvalue weighted by Gasteiger charge is 2.15. The maximum atomic E-state index is 10.4. The Hall–Kier alpha value is -2.45. The molecule has 0 aliphatic rings. The minimum absolute atomic E-state index is 0.0819. The van der Waals surface area contributed by atoms with Crippen LogP contribution in [0, 0.1) is 17.0 Å². The average Bonchev–Trinajstić information content (AvgIpc) is 2.90. The van der Waals surface area contributed by atoms with Gasteiger partial charge in [0.05, 0.1) is 12.2 Å². The second-order valence-electron chi connectivity index (χ2n) is 4.44. The van der Waals surface area contributed by atoms with Crippen molar-refractivity contribution in [2.75, 3.05) is 6.61 Å². The molecule has 2 aromatic rings. The molecule has 8 nitrogen and oxygen atoms in total. The number of aromatic nitrogens is 2. The summed E-state index contributed by atoms with van der Waals surface area (Å²) in [6.07, 6.45) is 1.19. The molecule has 0 aliphatic heterocycles. The summed E-state index contributed by atoms with van der Waals surface area (Å²) < 4.78 is 1.36. The van der Waals surface area contributed by atoms with E-state index in [1.165, 1.54) is 10.8 Å². The molecule has 9 heteroatoms. The number of aryl methyl sites for hydroxylation is 1. The summed E-state index contributed by atoms with van der Waals surface area (Å²) in [5.41, 5.74) is 1.11. The number of aromatic carboxylic acids is 1. The molecule has 124 valence electrons. The van der Waals surface area contributed by atoms with E-state index in [9.17, 15) is 14.9 Å². The highest BCUT2D eigenvalue weighted by atomic mass is 35.5. The quantitative estimate of drug-likeness (QED) is 0.489. The molecule has 0 saturated carbocycles. The molecule has 1 aromatic carbocycles. The fourth-order valence-corrected chi connectivity index (χ4v) is 1.93. The van der Waals surface area contributed by atoms with E-state index in [1.807, 2.05) is 0 Å². The van der Waals surface area contributed by atoms with Gasteiger partial charge in [0.1, 0.15) is 12.7 Å². The number of halogens is 1. The summed E-state index contributed by atoms with van der Waals surface area (Å²) in [6.45, 7) is 1.74. The van der Waals surface area contributed by atoms with Crippen molar-refractivity contribution >= 4 is 23.4 Å². The molecule has 0 unspecified atom stereocenters. The van der Waals surface area contributed by atoms with Crippen LogP contribution in [0.25, 0.3) is 0 Å². The van der Waals surface area contributed by atoms with Crippen LogP contribution in [0.1, 0.15) is 21.7 Å². The number of benzene rings is 1. The van der Waals surface area contributed by atoms with Gasteiger partial charge in [-0.15, -0.1) is 11.6 Å². The van der Waals surface area contributed by atoms with E-state index in [4.69, 9.17) is 21.8 Å². The van der Waals surface area contributed by atoms with Crippen molar-refractivity contribution in [1.29, 1.82) is 0 Å². The lowest BCUT2D eigenvalue weighted by molar-refractivity contribution is -0.392. The molecule has 1 aromatic heterocycles. The first kappa shape index (κ1) is 18.6. The SMILES string of the molecule is Cc1ncc([N+](=O)[O-])n1CCO.O=C(O)c1cccc(CCl)c1. The van der Waals surface area contributed by atoms with E-state index in [2.05, 4.69) is 4.98 Å². The van der Waals surface area contributed by atoms with Gasteiger partial charge in [0.15, 0.2) is 5.82 Å². The van der Waals surface area contributed by atoms with Crippen LogP contribution in [0.3, 0.4) is 0 Å². The number of carbonyl (C=O) groups is 1. The average molecular weight is 342 g/mol. The van der Waals surface area contributed by atoms with Crippen LogP contribution in [-0.4, -0.2) is 37.3 Å². The first-order valence-electron chi connectivity index (χ1n) is 6.56. The largest absolute Gasteiger partial charge is 0.478 e. The van der Waals surface area contributed by atoms with Gasteiger partial charge in [-0.25, -0.2) is 14.3 Å². The summed E-state index contributed by atoms with van der Waals surface area (Å²) in [4.78, 5) is 24.0. The van der Waals surface area contributed by atoms with Gasteiger partial charge in [-0.05, 0) is 22.6 Å². The minimum atomic E-state index is -0.919. The maximum Gasteiger partial charge on any atom is 0.342 e. The Morgan fingerprint density at radius 1 is 1.48 bits per heavy atom. The molecular formula is C14H16ClN3O5. The molecule has 0 atom stereocenters. The number of alkyl halides is 1. The third-order valence-corrected chi connectivity index (χ3v) is 3.18. The Bertz CT molecular complexity index is 687. The van der Waals surface area contributed by atoms with Gasteiger partial charge in [0.25, 0.3) is 0 Å². The van der Waals surface area contributed by atoms with Crippen molar-refractivity contribution in [3.8, 4) is 0 Å². The molecule has 23 heavy (non-hydrogen) atoms. The molecule has 0 fully saturated rings. The Morgan fingerprint density at radius 3 is 2.70 bits per heavy atom. The van der Waals surface area contributed by atoms with Crippen LogP contribution in [0.5, 0.6) is 0 Å². The van der Waals surface area contributed by atoms with Gasteiger partial charge in [-0.2, -0.15) is 0 Å². The van der Waals surface area contributed by atoms with E-state index in [0.717, 1.165) is 5.56 Å². The minimum Gasteiger partial charge on any atom is -0.478 e. The van der Waals surface area contributed by atoms with Crippen LogP contribution < -0.4 is 0 Å².